The normalized spacial score (nSPS) is 10.5. The SMILES string of the molecule is COC(=O)c1ccc(C)c(NC(=O)CSc2nc(-c3ccc(F)cc3)cs2)c1. The molecule has 0 unspecified atom stereocenters. The first kappa shape index (κ1) is 20.0. The number of anilines is 1. The fourth-order valence-electron chi connectivity index (χ4n) is 2.39. The number of carbonyl (C=O) groups excluding carboxylic acids is 2. The highest BCUT2D eigenvalue weighted by molar-refractivity contribution is 8.01. The van der Waals surface area contributed by atoms with Crippen LogP contribution < -0.4 is 5.32 Å². The Labute approximate surface area is 170 Å². The van der Waals surface area contributed by atoms with Gasteiger partial charge in [0, 0.05) is 16.6 Å². The fraction of sp³-hybridized carbons (Fsp3) is 0.150. The van der Waals surface area contributed by atoms with Gasteiger partial charge < -0.3 is 10.1 Å². The number of thioether (sulfide) groups is 1. The number of nitrogens with zero attached hydrogens (tertiary/aromatic N) is 1. The molecule has 0 bridgehead atoms. The monoisotopic (exact) mass is 416 g/mol. The van der Waals surface area contributed by atoms with Crippen molar-refractivity contribution in [1.29, 1.82) is 0 Å². The lowest BCUT2D eigenvalue weighted by atomic mass is 10.1. The molecule has 8 heteroatoms. The van der Waals surface area contributed by atoms with Crippen molar-refractivity contribution in [3.63, 3.8) is 0 Å². The van der Waals surface area contributed by atoms with Crippen molar-refractivity contribution in [1.82, 2.24) is 4.98 Å². The summed E-state index contributed by atoms with van der Waals surface area (Å²) in [4.78, 5) is 28.4. The van der Waals surface area contributed by atoms with Crippen LogP contribution in [0.25, 0.3) is 11.3 Å². The number of ether oxygens (including phenoxy) is 1. The van der Waals surface area contributed by atoms with Gasteiger partial charge in [0.05, 0.1) is 24.1 Å². The second kappa shape index (κ2) is 8.99. The maximum Gasteiger partial charge on any atom is 0.337 e. The van der Waals surface area contributed by atoms with Crippen LogP contribution in [0, 0.1) is 12.7 Å². The van der Waals surface area contributed by atoms with E-state index in [1.54, 1.807) is 30.3 Å². The van der Waals surface area contributed by atoms with Gasteiger partial charge in [-0.1, -0.05) is 17.8 Å². The van der Waals surface area contributed by atoms with E-state index in [2.05, 4.69) is 10.3 Å². The first-order valence-electron chi connectivity index (χ1n) is 8.29. The average Bonchev–Trinajstić information content (AvgIpc) is 3.17. The third-order valence-electron chi connectivity index (χ3n) is 3.88. The van der Waals surface area contributed by atoms with Crippen LogP contribution in [-0.2, 0) is 9.53 Å². The lowest BCUT2D eigenvalue weighted by Gasteiger charge is -2.09. The summed E-state index contributed by atoms with van der Waals surface area (Å²) in [5, 5.41) is 4.68. The lowest BCUT2D eigenvalue weighted by Crippen LogP contribution is -2.15. The number of hydrogen-bond acceptors (Lipinski definition) is 6. The molecule has 144 valence electrons. The van der Waals surface area contributed by atoms with E-state index < -0.39 is 5.97 Å². The topological polar surface area (TPSA) is 68.3 Å². The summed E-state index contributed by atoms with van der Waals surface area (Å²) in [5.41, 5.74) is 3.36. The fourth-order valence-corrected chi connectivity index (χ4v) is 4.03. The van der Waals surface area contributed by atoms with Gasteiger partial charge in [-0.3, -0.25) is 4.79 Å². The Balaban J connectivity index is 1.61. The molecule has 0 spiro atoms. The summed E-state index contributed by atoms with van der Waals surface area (Å²) >= 11 is 2.74. The maximum atomic E-state index is 13.0. The van der Waals surface area contributed by atoms with Crippen molar-refractivity contribution in [3.05, 3.63) is 64.8 Å². The van der Waals surface area contributed by atoms with Crippen molar-refractivity contribution >= 4 is 40.7 Å². The number of hydrogen-bond donors (Lipinski definition) is 1. The van der Waals surface area contributed by atoms with E-state index in [1.807, 2.05) is 12.3 Å². The van der Waals surface area contributed by atoms with Crippen LogP contribution in [0.5, 0.6) is 0 Å². The van der Waals surface area contributed by atoms with Crippen molar-refractivity contribution in [2.24, 2.45) is 0 Å². The number of thiazole rings is 1. The second-order valence-electron chi connectivity index (χ2n) is 5.86. The minimum atomic E-state index is -0.457. The molecule has 0 fully saturated rings. The number of rotatable bonds is 6. The molecule has 1 amide bonds. The highest BCUT2D eigenvalue weighted by atomic mass is 32.2. The Morgan fingerprint density at radius 3 is 2.68 bits per heavy atom. The molecule has 3 aromatic rings. The first-order valence-corrected chi connectivity index (χ1v) is 10.2. The number of aryl methyl sites for hydroxylation is 1. The number of benzene rings is 2. The number of halogens is 1. The summed E-state index contributed by atoms with van der Waals surface area (Å²) in [5.74, 6) is -0.774. The molecule has 0 saturated carbocycles. The molecule has 0 aliphatic rings. The average molecular weight is 416 g/mol. The van der Waals surface area contributed by atoms with Crippen LogP contribution in [0.1, 0.15) is 15.9 Å². The predicted molar refractivity (Wildman–Crippen MR) is 109 cm³/mol. The molecule has 0 saturated heterocycles. The lowest BCUT2D eigenvalue weighted by molar-refractivity contribution is -0.113. The molecule has 2 aromatic carbocycles. The van der Waals surface area contributed by atoms with Gasteiger partial charge in [0.1, 0.15) is 5.82 Å². The quantitative estimate of drug-likeness (QED) is 0.463. The molecule has 0 aliphatic heterocycles. The van der Waals surface area contributed by atoms with Gasteiger partial charge in [-0.25, -0.2) is 14.2 Å². The standard InChI is InChI=1S/C20H17FN2O3S2/c1-12-3-4-14(19(25)26-2)9-16(12)22-18(24)11-28-20-23-17(10-27-20)13-5-7-15(21)8-6-13/h3-10H,11H2,1-2H3,(H,22,24). The summed E-state index contributed by atoms with van der Waals surface area (Å²) in [6, 6.07) is 11.1. The Morgan fingerprint density at radius 1 is 1.21 bits per heavy atom. The zero-order valence-electron chi connectivity index (χ0n) is 15.2. The number of esters is 1. The van der Waals surface area contributed by atoms with E-state index in [-0.39, 0.29) is 17.5 Å². The highest BCUT2D eigenvalue weighted by Gasteiger charge is 2.12. The molecule has 0 radical (unpaired) electrons. The van der Waals surface area contributed by atoms with Crippen LogP contribution in [-0.4, -0.2) is 29.7 Å². The second-order valence-corrected chi connectivity index (χ2v) is 7.94. The summed E-state index contributed by atoms with van der Waals surface area (Å²) in [7, 11) is 1.31. The Morgan fingerprint density at radius 2 is 1.96 bits per heavy atom. The van der Waals surface area contributed by atoms with Crippen LogP contribution >= 0.6 is 23.1 Å². The van der Waals surface area contributed by atoms with E-state index in [1.165, 1.54) is 42.3 Å². The number of amides is 1. The van der Waals surface area contributed by atoms with Crippen molar-refractivity contribution < 1.29 is 18.7 Å². The molecule has 5 nitrogen and oxygen atoms in total. The number of carbonyl (C=O) groups is 2. The minimum Gasteiger partial charge on any atom is -0.465 e. The molecule has 1 aromatic heterocycles. The maximum absolute atomic E-state index is 13.0. The number of nitrogens with one attached hydrogen (secondary N) is 1. The Kier molecular flexibility index (Phi) is 6.43. The molecule has 0 aliphatic carbocycles. The van der Waals surface area contributed by atoms with Gasteiger partial charge >= 0.3 is 5.97 Å². The van der Waals surface area contributed by atoms with E-state index >= 15 is 0 Å². The predicted octanol–water partition coefficient (Wildman–Crippen LogP) is 4.78. The minimum absolute atomic E-state index is 0.179. The number of methoxy groups -OCH3 is 1. The third-order valence-corrected chi connectivity index (χ3v) is 5.90. The largest absolute Gasteiger partial charge is 0.465 e. The summed E-state index contributed by atoms with van der Waals surface area (Å²) < 4.78 is 18.5. The zero-order chi connectivity index (χ0) is 20.1. The van der Waals surface area contributed by atoms with E-state index in [4.69, 9.17) is 4.74 Å². The molecule has 0 atom stereocenters. The van der Waals surface area contributed by atoms with Crippen LogP contribution in [0.2, 0.25) is 0 Å². The van der Waals surface area contributed by atoms with Crippen LogP contribution in [0.15, 0.2) is 52.2 Å². The van der Waals surface area contributed by atoms with Crippen LogP contribution in [0.4, 0.5) is 10.1 Å². The molecule has 3 rings (SSSR count). The van der Waals surface area contributed by atoms with Crippen LogP contribution in [0.3, 0.4) is 0 Å². The van der Waals surface area contributed by atoms with Gasteiger partial charge in [-0.2, -0.15) is 0 Å². The smallest absolute Gasteiger partial charge is 0.337 e. The molecule has 1 N–H and O–H groups in total. The molecular formula is C20H17FN2O3S2. The van der Waals surface area contributed by atoms with Gasteiger partial charge in [0.25, 0.3) is 0 Å². The highest BCUT2D eigenvalue weighted by Crippen LogP contribution is 2.28. The molecular weight excluding hydrogens is 399 g/mol. The van der Waals surface area contributed by atoms with Gasteiger partial charge in [-0.15, -0.1) is 11.3 Å². The number of aromatic nitrogens is 1. The summed E-state index contributed by atoms with van der Waals surface area (Å²) in [6.07, 6.45) is 0. The van der Waals surface area contributed by atoms with Gasteiger partial charge in [0.15, 0.2) is 4.34 Å². The van der Waals surface area contributed by atoms with Crippen molar-refractivity contribution in [2.75, 3.05) is 18.2 Å². The van der Waals surface area contributed by atoms with Crippen molar-refractivity contribution in [3.8, 4) is 11.3 Å². The Bertz CT molecular complexity index is 1000. The Hall–Kier alpha value is -2.71. The molecule has 1 heterocycles. The van der Waals surface area contributed by atoms with Gasteiger partial charge in [0.2, 0.25) is 5.91 Å². The van der Waals surface area contributed by atoms with E-state index in [0.29, 0.717) is 11.3 Å². The first-order chi connectivity index (χ1) is 13.5. The summed E-state index contributed by atoms with van der Waals surface area (Å²) in [6.45, 7) is 1.85. The third kappa shape index (κ3) is 4.96. The zero-order valence-corrected chi connectivity index (χ0v) is 16.8. The molecule has 28 heavy (non-hydrogen) atoms. The van der Waals surface area contributed by atoms with Crippen molar-refractivity contribution in [2.45, 2.75) is 11.3 Å². The van der Waals surface area contributed by atoms with E-state index in [9.17, 15) is 14.0 Å². The van der Waals surface area contributed by atoms with E-state index in [0.717, 1.165) is 21.2 Å². The van der Waals surface area contributed by atoms with Gasteiger partial charge in [-0.05, 0) is 48.9 Å².